The van der Waals surface area contributed by atoms with Gasteiger partial charge in [-0.3, -0.25) is 0 Å². The van der Waals surface area contributed by atoms with Crippen LogP contribution in [0, 0.1) is 17.8 Å². The summed E-state index contributed by atoms with van der Waals surface area (Å²) < 4.78 is 1.88. The third kappa shape index (κ3) is 2.81. The number of carbonyl (C=O) groups is 1. The van der Waals surface area contributed by atoms with E-state index in [1.807, 2.05) is 4.68 Å². The average molecular weight is 275 g/mol. The Balaban J connectivity index is 2.34. The summed E-state index contributed by atoms with van der Waals surface area (Å²) in [5, 5.41) is 17.2. The summed E-state index contributed by atoms with van der Waals surface area (Å²) >= 11 is 0. The van der Waals surface area contributed by atoms with Crippen molar-refractivity contribution in [2.24, 2.45) is 17.8 Å². The number of fused-ring (bicyclic) bond motifs is 1. The minimum absolute atomic E-state index is 0.244. The summed E-state index contributed by atoms with van der Waals surface area (Å²) in [5.74, 6) is 0.697. The van der Waals surface area contributed by atoms with E-state index >= 15 is 0 Å². The van der Waals surface area contributed by atoms with Crippen LogP contribution >= 0.6 is 0 Å². The molecule has 0 saturated carbocycles. The first-order valence-corrected chi connectivity index (χ1v) is 6.96. The SMILES string of the molecule is CC(C)C(Cn1nnc2cc(C(=O)O)ccc21)C(C)C. The molecule has 0 radical (unpaired) electrons. The summed E-state index contributed by atoms with van der Waals surface area (Å²) in [4.78, 5) is 11.0. The number of hydrogen-bond donors (Lipinski definition) is 1. The number of carboxylic acid groups (broad SMARTS) is 1. The number of rotatable bonds is 5. The van der Waals surface area contributed by atoms with Gasteiger partial charge in [0.1, 0.15) is 5.52 Å². The van der Waals surface area contributed by atoms with Gasteiger partial charge in [0.25, 0.3) is 0 Å². The smallest absolute Gasteiger partial charge is 0.335 e. The highest BCUT2D eigenvalue weighted by atomic mass is 16.4. The van der Waals surface area contributed by atoms with Crippen molar-refractivity contribution >= 4 is 17.0 Å². The highest BCUT2D eigenvalue weighted by Gasteiger charge is 2.20. The summed E-state index contributed by atoms with van der Waals surface area (Å²) in [6.45, 7) is 9.66. The maximum atomic E-state index is 11.0. The monoisotopic (exact) mass is 275 g/mol. The zero-order valence-corrected chi connectivity index (χ0v) is 12.4. The second kappa shape index (κ2) is 5.61. The van der Waals surface area contributed by atoms with Crippen LogP contribution in [0.2, 0.25) is 0 Å². The van der Waals surface area contributed by atoms with Crippen LogP contribution in [-0.4, -0.2) is 26.1 Å². The predicted molar refractivity (Wildman–Crippen MR) is 77.7 cm³/mol. The Bertz CT molecular complexity index is 609. The van der Waals surface area contributed by atoms with E-state index in [2.05, 4.69) is 38.0 Å². The molecule has 0 saturated heterocycles. The van der Waals surface area contributed by atoms with Gasteiger partial charge in [0.05, 0.1) is 11.1 Å². The molecule has 0 aliphatic rings. The van der Waals surface area contributed by atoms with Gasteiger partial charge in [0.15, 0.2) is 0 Å². The van der Waals surface area contributed by atoms with Crippen molar-refractivity contribution in [2.75, 3.05) is 0 Å². The quantitative estimate of drug-likeness (QED) is 0.910. The molecule has 108 valence electrons. The number of nitrogens with zero attached hydrogens (tertiary/aromatic N) is 3. The minimum atomic E-state index is -0.941. The summed E-state index contributed by atoms with van der Waals surface area (Å²) in [7, 11) is 0. The van der Waals surface area contributed by atoms with E-state index in [1.54, 1.807) is 18.2 Å². The van der Waals surface area contributed by atoms with Gasteiger partial charge in [0, 0.05) is 6.54 Å². The van der Waals surface area contributed by atoms with Gasteiger partial charge in [-0.1, -0.05) is 32.9 Å². The fourth-order valence-electron chi connectivity index (χ4n) is 2.63. The maximum absolute atomic E-state index is 11.0. The van der Waals surface area contributed by atoms with E-state index in [0.717, 1.165) is 12.1 Å². The van der Waals surface area contributed by atoms with Crippen molar-refractivity contribution in [3.63, 3.8) is 0 Å². The number of aromatic nitrogens is 3. The molecule has 20 heavy (non-hydrogen) atoms. The summed E-state index contributed by atoms with van der Waals surface area (Å²) in [5.41, 5.74) is 1.77. The highest BCUT2D eigenvalue weighted by Crippen LogP contribution is 2.24. The summed E-state index contributed by atoms with van der Waals surface area (Å²) in [6.07, 6.45) is 0. The Morgan fingerprint density at radius 1 is 1.25 bits per heavy atom. The first-order chi connectivity index (χ1) is 9.40. The number of hydrogen-bond acceptors (Lipinski definition) is 3. The fourth-order valence-corrected chi connectivity index (χ4v) is 2.63. The van der Waals surface area contributed by atoms with Crippen molar-refractivity contribution in [2.45, 2.75) is 34.2 Å². The molecule has 0 fully saturated rings. The molecule has 0 unspecified atom stereocenters. The molecular weight excluding hydrogens is 254 g/mol. The second-order valence-electron chi connectivity index (χ2n) is 5.93. The van der Waals surface area contributed by atoms with Crippen LogP contribution in [0.3, 0.4) is 0 Å². The lowest BCUT2D eigenvalue weighted by atomic mass is 9.85. The van der Waals surface area contributed by atoms with Crippen molar-refractivity contribution in [3.05, 3.63) is 23.8 Å². The molecule has 1 aromatic carbocycles. The normalized spacial score (nSPS) is 11.9. The minimum Gasteiger partial charge on any atom is -0.478 e. The molecule has 1 heterocycles. The second-order valence-corrected chi connectivity index (χ2v) is 5.93. The van der Waals surface area contributed by atoms with Gasteiger partial charge in [-0.25, -0.2) is 9.48 Å². The zero-order chi connectivity index (χ0) is 14.9. The van der Waals surface area contributed by atoms with Crippen molar-refractivity contribution in [1.29, 1.82) is 0 Å². The third-order valence-corrected chi connectivity index (χ3v) is 3.86. The molecule has 1 N–H and O–H groups in total. The molecule has 2 aromatic rings. The van der Waals surface area contributed by atoms with E-state index in [-0.39, 0.29) is 5.56 Å². The lowest BCUT2D eigenvalue weighted by Gasteiger charge is -2.24. The number of carboxylic acids is 1. The van der Waals surface area contributed by atoms with Crippen LogP contribution in [-0.2, 0) is 6.54 Å². The van der Waals surface area contributed by atoms with E-state index in [1.165, 1.54) is 0 Å². The molecule has 0 spiro atoms. The molecule has 0 aliphatic carbocycles. The molecule has 0 aliphatic heterocycles. The lowest BCUT2D eigenvalue weighted by Crippen LogP contribution is -2.22. The Labute approximate surface area is 118 Å². The molecule has 5 nitrogen and oxygen atoms in total. The van der Waals surface area contributed by atoms with Gasteiger partial charge < -0.3 is 5.11 Å². The zero-order valence-electron chi connectivity index (χ0n) is 12.4. The molecule has 2 rings (SSSR count). The lowest BCUT2D eigenvalue weighted by molar-refractivity contribution is 0.0697. The first-order valence-electron chi connectivity index (χ1n) is 6.96. The Kier molecular flexibility index (Phi) is 4.06. The van der Waals surface area contributed by atoms with Gasteiger partial charge >= 0.3 is 5.97 Å². The topological polar surface area (TPSA) is 68.0 Å². The standard InChI is InChI=1S/C15H21N3O2/c1-9(2)12(10(3)4)8-18-14-6-5-11(15(19)20)7-13(14)16-17-18/h5-7,9-10,12H,8H2,1-4H3,(H,19,20). The van der Waals surface area contributed by atoms with Crippen LogP contribution in [0.5, 0.6) is 0 Å². The third-order valence-electron chi connectivity index (χ3n) is 3.86. The van der Waals surface area contributed by atoms with Gasteiger partial charge in [-0.2, -0.15) is 0 Å². The van der Waals surface area contributed by atoms with E-state index < -0.39 is 5.97 Å². The number of aromatic carboxylic acids is 1. The summed E-state index contributed by atoms with van der Waals surface area (Å²) in [6, 6.07) is 4.96. The van der Waals surface area contributed by atoms with E-state index in [0.29, 0.717) is 23.3 Å². The predicted octanol–water partition coefficient (Wildman–Crippen LogP) is 3.06. The average Bonchev–Trinajstić information content (AvgIpc) is 2.77. The van der Waals surface area contributed by atoms with Gasteiger partial charge in [-0.05, 0) is 36.0 Å². The van der Waals surface area contributed by atoms with Crippen LogP contribution in [0.25, 0.3) is 11.0 Å². The Morgan fingerprint density at radius 3 is 2.45 bits per heavy atom. The van der Waals surface area contributed by atoms with Gasteiger partial charge in [0.2, 0.25) is 0 Å². The molecule has 1 aromatic heterocycles. The molecule has 5 heteroatoms. The van der Waals surface area contributed by atoms with Gasteiger partial charge in [-0.15, -0.1) is 5.10 Å². The maximum Gasteiger partial charge on any atom is 0.335 e. The largest absolute Gasteiger partial charge is 0.478 e. The van der Waals surface area contributed by atoms with E-state index in [4.69, 9.17) is 5.11 Å². The van der Waals surface area contributed by atoms with Crippen molar-refractivity contribution in [1.82, 2.24) is 15.0 Å². The molecule has 0 bridgehead atoms. The fraction of sp³-hybridized carbons (Fsp3) is 0.533. The Morgan fingerprint density at radius 2 is 1.90 bits per heavy atom. The highest BCUT2D eigenvalue weighted by molar-refractivity contribution is 5.92. The van der Waals surface area contributed by atoms with Crippen LogP contribution in [0.4, 0.5) is 0 Å². The molecule has 0 atom stereocenters. The van der Waals surface area contributed by atoms with Crippen molar-refractivity contribution < 1.29 is 9.90 Å². The number of benzene rings is 1. The van der Waals surface area contributed by atoms with Crippen LogP contribution < -0.4 is 0 Å². The van der Waals surface area contributed by atoms with Crippen LogP contribution in [0.1, 0.15) is 38.1 Å². The van der Waals surface area contributed by atoms with Crippen LogP contribution in [0.15, 0.2) is 18.2 Å². The molecule has 0 amide bonds. The van der Waals surface area contributed by atoms with Crippen molar-refractivity contribution in [3.8, 4) is 0 Å². The van der Waals surface area contributed by atoms with E-state index in [9.17, 15) is 4.79 Å². The first kappa shape index (κ1) is 14.5. The Hall–Kier alpha value is -1.91. The molecular formula is C15H21N3O2.